The number of nitrogen functional groups attached to an aromatic ring is 1. The maximum atomic E-state index is 12.6. The van der Waals surface area contributed by atoms with Crippen LogP contribution in [0.1, 0.15) is 23.3 Å². The van der Waals surface area contributed by atoms with Gasteiger partial charge in [-0.1, -0.05) is 24.3 Å². The number of carbonyl (C=O) groups excluding carboxylic acids is 1. The molecule has 4 N–H and O–H groups in total. The van der Waals surface area contributed by atoms with E-state index in [1.807, 2.05) is 24.3 Å². The van der Waals surface area contributed by atoms with E-state index >= 15 is 0 Å². The zero-order valence-electron chi connectivity index (χ0n) is 11.6. The summed E-state index contributed by atoms with van der Waals surface area (Å²) in [5.41, 5.74) is 2.90. The number of hydrogen-bond acceptors (Lipinski definition) is 5. The molecule has 0 saturated heterocycles. The fourth-order valence-corrected chi connectivity index (χ4v) is 2.51. The Balaban J connectivity index is 2.01. The number of nitrogens with zero attached hydrogens (tertiary/aromatic N) is 2. The fourth-order valence-electron chi connectivity index (χ4n) is 2.51. The molecular weight excluding hydrogens is 268 g/mol. The number of aliphatic hydroxyl groups is 1. The Morgan fingerprint density at radius 2 is 2.19 bits per heavy atom. The molecule has 2 aromatic rings. The van der Waals surface area contributed by atoms with Gasteiger partial charge in [0.05, 0.1) is 6.61 Å². The molecular formula is C15H18N4O2. The van der Waals surface area contributed by atoms with Crippen molar-refractivity contribution in [2.45, 2.75) is 18.9 Å². The average molecular weight is 286 g/mol. The third kappa shape index (κ3) is 2.68. The van der Waals surface area contributed by atoms with Crippen molar-refractivity contribution in [2.24, 2.45) is 5.84 Å². The molecule has 21 heavy (non-hydrogen) atoms. The van der Waals surface area contributed by atoms with Crippen molar-refractivity contribution < 1.29 is 9.90 Å². The Kier molecular flexibility index (Phi) is 3.72. The number of hydrogen-bond donors (Lipinski definition) is 3. The molecule has 1 aliphatic rings. The molecule has 3 rings (SSSR count). The molecule has 0 unspecified atom stereocenters. The number of aliphatic hydroxyl groups excluding tert-OH is 1. The van der Waals surface area contributed by atoms with E-state index in [0.717, 1.165) is 23.6 Å². The Labute approximate surface area is 122 Å². The number of benzene rings is 1. The molecule has 1 saturated carbocycles. The summed E-state index contributed by atoms with van der Waals surface area (Å²) in [6.45, 7) is 0.293. The Bertz CT molecular complexity index is 670. The highest BCUT2D eigenvalue weighted by Gasteiger charge is 2.33. The first-order valence-electron chi connectivity index (χ1n) is 7.03. The molecule has 1 aromatic heterocycles. The lowest BCUT2D eigenvalue weighted by atomic mass is 10.1. The van der Waals surface area contributed by atoms with Gasteiger partial charge in [-0.2, -0.15) is 0 Å². The normalized spacial score (nSPS) is 14.2. The van der Waals surface area contributed by atoms with E-state index in [2.05, 4.69) is 10.4 Å². The quantitative estimate of drug-likeness (QED) is 0.566. The molecule has 0 aliphatic heterocycles. The first-order chi connectivity index (χ1) is 10.2. The lowest BCUT2D eigenvalue weighted by Gasteiger charge is -2.21. The topological polar surface area (TPSA) is 91.5 Å². The number of carbonyl (C=O) groups is 1. The van der Waals surface area contributed by atoms with Crippen LogP contribution < -0.4 is 11.3 Å². The van der Waals surface area contributed by atoms with Gasteiger partial charge in [-0.25, -0.2) is 10.8 Å². The third-order valence-corrected chi connectivity index (χ3v) is 3.69. The van der Waals surface area contributed by atoms with E-state index in [-0.39, 0.29) is 18.6 Å². The summed E-state index contributed by atoms with van der Waals surface area (Å²) in [5.74, 6) is 5.84. The summed E-state index contributed by atoms with van der Waals surface area (Å²) in [6.07, 6.45) is 1.97. The molecule has 1 aliphatic carbocycles. The van der Waals surface area contributed by atoms with Crippen molar-refractivity contribution in [1.82, 2.24) is 9.88 Å². The molecule has 0 radical (unpaired) electrons. The van der Waals surface area contributed by atoms with E-state index in [1.54, 1.807) is 11.0 Å². The van der Waals surface area contributed by atoms with E-state index in [1.165, 1.54) is 0 Å². The monoisotopic (exact) mass is 286 g/mol. The van der Waals surface area contributed by atoms with Gasteiger partial charge in [-0.3, -0.25) is 4.79 Å². The summed E-state index contributed by atoms with van der Waals surface area (Å²) in [6, 6.07) is 9.62. The van der Waals surface area contributed by atoms with Crippen molar-refractivity contribution in [2.75, 3.05) is 18.6 Å². The fraction of sp³-hybridized carbons (Fsp3) is 0.333. The second-order valence-corrected chi connectivity index (χ2v) is 5.17. The summed E-state index contributed by atoms with van der Waals surface area (Å²) >= 11 is 0. The number of rotatable bonds is 5. The van der Waals surface area contributed by atoms with Gasteiger partial charge in [0, 0.05) is 18.0 Å². The lowest BCUT2D eigenvalue weighted by Crippen LogP contribution is -2.36. The second-order valence-electron chi connectivity index (χ2n) is 5.17. The molecule has 0 atom stereocenters. The summed E-state index contributed by atoms with van der Waals surface area (Å²) < 4.78 is 0. The second kappa shape index (κ2) is 5.67. The van der Waals surface area contributed by atoms with Gasteiger partial charge in [0.15, 0.2) is 0 Å². The smallest absolute Gasteiger partial charge is 0.272 e. The van der Waals surface area contributed by atoms with Gasteiger partial charge in [-0.15, -0.1) is 0 Å². The molecule has 1 amide bonds. The van der Waals surface area contributed by atoms with E-state index in [4.69, 9.17) is 10.9 Å². The van der Waals surface area contributed by atoms with Gasteiger partial charge in [0.2, 0.25) is 0 Å². The zero-order valence-corrected chi connectivity index (χ0v) is 11.6. The highest BCUT2D eigenvalue weighted by atomic mass is 16.3. The van der Waals surface area contributed by atoms with E-state index in [0.29, 0.717) is 18.1 Å². The van der Waals surface area contributed by atoms with Crippen molar-refractivity contribution in [3.63, 3.8) is 0 Å². The van der Waals surface area contributed by atoms with Crippen molar-refractivity contribution in [3.05, 3.63) is 36.0 Å². The molecule has 1 aromatic carbocycles. The molecule has 6 heteroatoms. The van der Waals surface area contributed by atoms with Gasteiger partial charge >= 0.3 is 0 Å². The standard InChI is InChI=1S/C15H18N4O2/c16-18-14-12-4-2-1-3-10(12)9-13(17-14)15(21)19(7-8-20)11-5-6-11/h1-4,9,11,20H,5-8,16H2,(H,17,18). The van der Waals surface area contributed by atoms with Crippen LogP contribution in [-0.2, 0) is 0 Å². The van der Waals surface area contributed by atoms with E-state index < -0.39 is 0 Å². The summed E-state index contributed by atoms with van der Waals surface area (Å²) in [7, 11) is 0. The first-order valence-corrected chi connectivity index (χ1v) is 7.03. The van der Waals surface area contributed by atoms with Gasteiger partial charge in [-0.05, 0) is 24.3 Å². The number of hydrazine groups is 1. The minimum atomic E-state index is -0.159. The van der Waals surface area contributed by atoms with Crippen LogP contribution in [0.15, 0.2) is 30.3 Å². The first kappa shape index (κ1) is 13.8. The Hall–Kier alpha value is -2.18. The number of nitrogens with two attached hydrogens (primary N) is 1. The summed E-state index contributed by atoms with van der Waals surface area (Å²) in [5, 5.41) is 10.9. The highest BCUT2D eigenvalue weighted by molar-refractivity contribution is 6.00. The van der Waals surface area contributed by atoms with Gasteiger partial charge in [0.1, 0.15) is 11.5 Å². The van der Waals surface area contributed by atoms with Crippen molar-refractivity contribution in [3.8, 4) is 0 Å². The number of fused-ring (bicyclic) bond motifs is 1. The van der Waals surface area contributed by atoms with Crippen molar-refractivity contribution in [1.29, 1.82) is 0 Å². The minimum Gasteiger partial charge on any atom is -0.395 e. The minimum absolute atomic E-state index is 0.0438. The molecule has 0 bridgehead atoms. The third-order valence-electron chi connectivity index (χ3n) is 3.69. The van der Waals surface area contributed by atoms with Crippen LogP contribution in [0.4, 0.5) is 5.82 Å². The van der Waals surface area contributed by atoms with Crippen LogP contribution in [0.2, 0.25) is 0 Å². The van der Waals surface area contributed by atoms with Crippen LogP contribution in [0.3, 0.4) is 0 Å². The predicted octanol–water partition coefficient (Wildman–Crippen LogP) is 1.12. The van der Waals surface area contributed by atoms with Crippen LogP contribution in [0, 0.1) is 0 Å². The maximum absolute atomic E-state index is 12.6. The molecule has 110 valence electrons. The zero-order chi connectivity index (χ0) is 14.8. The van der Waals surface area contributed by atoms with Crippen LogP contribution in [0.5, 0.6) is 0 Å². The largest absolute Gasteiger partial charge is 0.395 e. The molecule has 0 spiro atoms. The van der Waals surface area contributed by atoms with Crippen molar-refractivity contribution >= 4 is 22.5 Å². The number of amides is 1. The Morgan fingerprint density at radius 1 is 1.43 bits per heavy atom. The SMILES string of the molecule is NNc1nc(C(=O)N(CCO)C2CC2)cc2ccccc12. The maximum Gasteiger partial charge on any atom is 0.272 e. The van der Waals surface area contributed by atoms with Gasteiger partial charge < -0.3 is 15.4 Å². The van der Waals surface area contributed by atoms with Crippen LogP contribution in [0.25, 0.3) is 10.8 Å². The highest BCUT2D eigenvalue weighted by Crippen LogP contribution is 2.29. The number of aromatic nitrogens is 1. The number of nitrogens with one attached hydrogen (secondary N) is 1. The van der Waals surface area contributed by atoms with Gasteiger partial charge in [0.25, 0.3) is 5.91 Å². The molecule has 1 fully saturated rings. The predicted molar refractivity (Wildman–Crippen MR) is 80.7 cm³/mol. The average Bonchev–Trinajstić information content (AvgIpc) is 3.35. The van der Waals surface area contributed by atoms with Crippen LogP contribution in [-0.4, -0.2) is 40.1 Å². The van der Waals surface area contributed by atoms with E-state index in [9.17, 15) is 4.79 Å². The lowest BCUT2D eigenvalue weighted by molar-refractivity contribution is 0.0702. The number of anilines is 1. The number of pyridine rings is 1. The molecule has 6 nitrogen and oxygen atoms in total. The molecule has 1 heterocycles. The van der Waals surface area contributed by atoms with Crippen LogP contribution >= 0.6 is 0 Å². The Morgan fingerprint density at radius 3 is 2.86 bits per heavy atom. The summed E-state index contributed by atoms with van der Waals surface area (Å²) in [4.78, 5) is 18.6.